The van der Waals surface area contributed by atoms with E-state index in [0.717, 1.165) is 35.5 Å². The van der Waals surface area contributed by atoms with Crippen LogP contribution < -0.4 is 10.1 Å². The number of ether oxygens (including phenoxy) is 2. The lowest BCUT2D eigenvalue weighted by Gasteiger charge is -2.16. The molecular formula is C12H16BrNO2. The predicted octanol–water partition coefficient (Wildman–Crippen LogP) is 3.05. The van der Waals surface area contributed by atoms with Gasteiger partial charge in [-0.1, -0.05) is 15.9 Å². The minimum atomic E-state index is 0.397. The van der Waals surface area contributed by atoms with Crippen LogP contribution >= 0.6 is 15.9 Å². The van der Waals surface area contributed by atoms with Gasteiger partial charge in [0.2, 0.25) is 0 Å². The number of anilines is 1. The Bertz CT molecular complexity index is 351. The van der Waals surface area contributed by atoms with Crippen LogP contribution in [0.4, 0.5) is 5.69 Å². The van der Waals surface area contributed by atoms with Crippen LogP contribution in [0.3, 0.4) is 0 Å². The Morgan fingerprint density at radius 3 is 3.12 bits per heavy atom. The fourth-order valence-electron chi connectivity index (χ4n) is 1.76. The quantitative estimate of drug-likeness (QED) is 0.922. The average molecular weight is 286 g/mol. The molecule has 4 heteroatoms. The summed E-state index contributed by atoms with van der Waals surface area (Å²) in [5.41, 5.74) is 1.03. The summed E-state index contributed by atoms with van der Waals surface area (Å²) in [6.45, 7) is 4.29. The molecule has 1 heterocycles. The normalized spacial score (nSPS) is 19.8. The first-order valence-corrected chi connectivity index (χ1v) is 6.35. The molecule has 1 fully saturated rings. The van der Waals surface area contributed by atoms with Crippen LogP contribution in [0.5, 0.6) is 5.75 Å². The van der Waals surface area contributed by atoms with Crippen LogP contribution in [0, 0.1) is 0 Å². The molecule has 88 valence electrons. The zero-order chi connectivity index (χ0) is 11.4. The number of rotatable bonds is 4. The molecule has 2 rings (SSSR count). The number of benzene rings is 1. The first-order chi connectivity index (χ1) is 7.79. The monoisotopic (exact) mass is 285 g/mol. The number of halogens is 1. The summed E-state index contributed by atoms with van der Waals surface area (Å²) in [7, 11) is 0. The van der Waals surface area contributed by atoms with E-state index in [2.05, 4.69) is 21.2 Å². The van der Waals surface area contributed by atoms with E-state index in [0.29, 0.717) is 12.6 Å². The van der Waals surface area contributed by atoms with E-state index < -0.39 is 0 Å². The molecule has 0 aromatic heterocycles. The molecule has 0 bridgehead atoms. The van der Waals surface area contributed by atoms with Gasteiger partial charge in [0, 0.05) is 11.1 Å². The Balaban J connectivity index is 2.12. The van der Waals surface area contributed by atoms with Gasteiger partial charge < -0.3 is 14.8 Å². The van der Waals surface area contributed by atoms with Crippen molar-refractivity contribution in [3.63, 3.8) is 0 Å². The minimum absolute atomic E-state index is 0.397. The highest BCUT2D eigenvalue weighted by molar-refractivity contribution is 9.10. The highest BCUT2D eigenvalue weighted by Gasteiger charge is 2.16. The average Bonchev–Trinajstić information content (AvgIpc) is 2.75. The fourth-order valence-corrected chi connectivity index (χ4v) is 2.13. The van der Waals surface area contributed by atoms with Gasteiger partial charge in [-0.25, -0.2) is 0 Å². The van der Waals surface area contributed by atoms with Crippen molar-refractivity contribution in [2.24, 2.45) is 0 Å². The molecule has 1 aromatic carbocycles. The summed E-state index contributed by atoms with van der Waals surface area (Å²) >= 11 is 3.47. The van der Waals surface area contributed by atoms with Crippen molar-refractivity contribution in [2.75, 3.05) is 25.1 Å². The first kappa shape index (κ1) is 11.7. The molecule has 1 unspecified atom stereocenters. The Hall–Kier alpha value is -0.740. The van der Waals surface area contributed by atoms with E-state index in [1.54, 1.807) is 0 Å². The molecule has 0 amide bonds. The van der Waals surface area contributed by atoms with Crippen LogP contribution in [0.1, 0.15) is 13.3 Å². The van der Waals surface area contributed by atoms with Gasteiger partial charge in [-0.3, -0.25) is 0 Å². The van der Waals surface area contributed by atoms with Crippen molar-refractivity contribution in [2.45, 2.75) is 19.4 Å². The van der Waals surface area contributed by atoms with Crippen molar-refractivity contribution in [3.8, 4) is 5.75 Å². The molecule has 0 radical (unpaired) electrons. The molecule has 1 aromatic rings. The van der Waals surface area contributed by atoms with Gasteiger partial charge in [-0.2, -0.15) is 0 Å². The molecule has 1 aliphatic heterocycles. The Labute approximate surface area is 104 Å². The second kappa shape index (κ2) is 5.55. The van der Waals surface area contributed by atoms with E-state index in [-0.39, 0.29) is 0 Å². The third-order valence-electron chi connectivity index (χ3n) is 2.53. The summed E-state index contributed by atoms with van der Waals surface area (Å²) in [6, 6.07) is 6.41. The number of hydrogen-bond acceptors (Lipinski definition) is 3. The molecule has 3 nitrogen and oxygen atoms in total. The van der Waals surface area contributed by atoms with Gasteiger partial charge in [-0.15, -0.1) is 0 Å². The number of nitrogens with one attached hydrogen (secondary N) is 1. The van der Waals surface area contributed by atoms with Crippen molar-refractivity contribution < 1.29 is 9.47 Å². The Morgan fingerprint density at radius 2 is 2.44 bits per heavy atom. The maximum Gasteiger partial charge on any atom is 0.142 e. The second-order valence-electron chi connectivity index (χ2n) is 3.78. The predicted molar refractivity (Wildman–Crippen MR) is 68.2 cm³/mol. The Kier molecular flexibility index (Phi) is 4.07. The molecule has 0 spiro atoms. The highest BCUT2D eigenvalue weighted by Crippen LogP contribution is 2.29. The van der Waals surface area contributed by atoms with Gasteiger partial charge in [0.15, 0.2) is 0 Å². The van der Waals surface area contributed by atoms with E-state index in [9.17, 15) is 0 Å². The zero-order valence-corrected chi connectivity index (χ0v) is 10.9. The van der Waals surface area contributed by atoms with E-state index in [4.69, 9.17) is 9.47 Å². The molecule has 0 saturated carbocycles. The summed E-state index contributed by atoms with van der Waals surface area (Å²) in [6.07, 6.45) is 1.05. The maximum atomic E-state index is 5.58. The maximum absolute atomic E-state index is 5.58. The highest BCUT2D eigenvalue weighted by atomic mass is 79.9. The van der Waals surface area contributed by atoms with Crippen LogP contribution in [0.25, 0.3) is 0 Å². The van der Waals surface area contributed by atoms with Gasteiger partial charge in [0.25, 0.3) is 0 Å². The lowest BCUT2D eigenvalue weighted by Crippen LogP contribution is -2.19. The summed E-state index contributed by atoms with van der Waals surface area (Å²) < 4.78 is 12.0. The largest absolute Gasteiger partial charge is 0.492 e. The SMILES string of the molecule is CCOc1ccc(Br)cc1NC1CCOC1. The van der Waals surface area contributed by atoms with E-state index in [1.807, 2.05) is 25.1 Å². The molecule has 1 aliphatic rings. The van der Waals surface area contributed by atoms with Crippen LogP contribution in [0.15, 0.2) is 22.7 Å². The number of hydrogen-bond donors (Lipinski definition) is 1. The topological polar surface area (TPSA) is 30.5 Å². The molecule has 1 atom stereocenters. The molecular weight excluding hydrogens is 270 g/mol. The van der Waals surface area contributed by atoms with E-state index >= 15 is 0 Å². The first-order valence-electron chi connectivity index (χ1n) is 5.56. The van der Waals surface area contributed by atoms with Gasteiger partial charge >= 0.3 is 0 Å². The lowest BCUT2D eigenvalue weighted by molar-refractivity contribution is 0.195. The second-order valence-corrected chi connectivity index (χ2v) is 4.69. The van der Waals surface area contributed by atoms with Gasteiger partial charge in [0.1, 0.15) is 5.75 Å². The van der Waals surface area contributed by atoms with E-state index in [1.165, 1.54) is 0 Å². The Morgan fingerprint density at radius 1 is 1.56 bits per heavy atom. The summed E-state index contributed by atoms with van der Waals surface area (Å²) in [5, 5.41) is 3.46. The summed E-state index contributed by atoms with van der Waals surface area (Å²) in [4.78, 5) is 0. The lowest BCUT2D eigenvalue weighted by atomic mass is 10.2. The van der Waals surface area contributed by atoms with Crippen molar-refractivity contribution >= 4 is 21.6 Å². The molecule has 1 N–H and O–H groups in total. The van der Waals surface area contributed by atoms with Crippen molar-refractivity contribution in [3.05, 3.63) is 22.7 Å². The third-order valence-corrected chi connectivity index (χ3v) is 3.02. The summed E-state index contributed by atoms with van der Waals surface area (Å²) in [5.74, 6) is 0.901. The molecule has 1 saturated heterocycles. The van der Waals surface area contributed by atoms with Crippen molar-refractivity contribution in [1.82, 2.24) is 0 Å². The minimum Gasteiger partial charge on any atom is -0.492 e. The smallest absolute Gasteiger partial charge is 0.142 e. The standard InChI is InChI=1S/C12H16BrNO2/c1-2-16-12-4-3-9(13)7-11(12)14-10-5-6-15-8-10/h3-4,7,10,14H,2,5-6,8H2,1H3. The van der Waals surface area contributed by atoms with Gasteiger partial charge in [-0.05, 0) is 31.5 Å². The zero-order valence-electron chi connectivity index (χ0n) is 9.33. The molecule has 0 aliphatic carbocycles. The van der Waals surface area contributed by atoms with Crippen LogP contribution in [-0.4, -0.2) is 25.9 Å². The third kappa shape index (κ3) is 2.89. The molecule has 16 heavy (non-hydrogen) atoms. The van der Waals surface area contributed by atoms with Crippen LogP contribution in [0.2, 0.25) is 0 Å². The van der Waals surface area contributed by atoms with Gasteiger partial charge in [0.05, 0.1) is 24.9 Å². The fraction of sp³-hybridized carbons (Fsp3) is 0.500. The van der Waals surface area contributed by atoms with Crippen LogP contribution in [-0.2, 0) is 4.74 Å². The van der Waals surface area contributed by atoms with Crippen molar-refractivity contribution in [1.29, 1.82) is 0 Å².